The summed E-state index contributed by atoms with van der Waals surface area (Å²) in [6.45, 7) is 3.97. The number of ether oxygens (including phenoxy) is 4. The summed E-state index contributed by atoms with van der Waals surface area (Å²) in [6, 6.07) is 8.47. The zero-order valence-corrected chi connectivity index (χ0v) is 23.5. The number of benzene rings is 2. The van der Waals surface area contributed by atoms with Crippen LogP contribution in [0.1, 0.15) is 11.4 Å². The van der Waals surface area contributed by atoms with E-state index in [-0.39, 0.29) is 38.0 Å². The molecule has 0 spiro atoms. The molecule has 2 aromatic carbocycles. The number of hydrogen-bond acceptors (Lipinski definition) is 8. The molecule has 1 N–H and O–H groups in total. The van der Waals surface area contributed by atoms with E-state index < -0.39 is 17.2 Å². The molecular weight excluding hydrogens is 538 g/mol. The van der Waals surface area contributed by atoms with Crippen molar-refractivity contribution < 1.29 is 37.6 Å². The summed E-state index contributed by atoms with van der Waals surface area (Å²) in [5.41, 5.74) is -0.617. The molecule has 1 atom stereocenters. The number of aromatic nitrogens is 2. The second kappa shape index (κ2) is 13.7. The molecule has 10 nitrogen and oxygen atoms in total. The van der Waals surface area contributed by atoms with Crippen LogP contribution < -0.4 is 14.2 Å². The van der Waals surface area contributed by atoms with Crippen molar-refractivity contribution in [2.45, 2.75) is 25.6 Å². The van der Waals surface area contributed by atoms with E-state index in [0.29, 0.717) is 44.3 Å². The Morgan fingerprint density at radius 3 is 2.51 bits per heavy atom. The molecular formula is C29H36F2N4O6. The molecule has 4 rings (SSSR count). The summed E-state index contributed by atoms with van der Waals surface area (Å²) < 4.78 is 51.5. The average Bonchev–Trinajstić information content (AvgIpc) is 3.26. The molecule has 2 heterocycles. The van der Waals surface area contributed by atoms with E-state index in [1.165, 1.54) is 12.0 Å². The zero-order valence-electron chi connectivity index (χ0n) is 23.5. The number of halogens is 2. The second-order valence-corrected chi connectivity index (χ2v) is 10.1. The fourth-order valence-electron chi connectivity index (χ4n) is 4.81. The number of rotatable bonds is 12. The van der Waals surface area contributed by atoms with Crippen molar-refractivity contribution in [3.63, 3.8) is 0 Å². The number of amides is 1. The van der Waals surface area contributed by atoms with Gasteiger partial charge in [-0.05, 0) is 24.6 Å². The van der Waals surface area contributed by atoms with Gasteiger partial charge in [-0.15, -0.1) is 0 Å². The average molecular weight is 575 g/mol. The minimum Gasteiger partial charge on any atom is -0.493 e. The largest absolute Gasteiger partial charge is 0.493 e. The molecule has 1 saturated heterocycles. The standard InChI is InChI=1S/C29H36F2N4O6/c1-21-32-6-7-34(21)10-11-40-26-5-4-22(12-27(26)39-3)16-33-8-9-35(28(36)17-38-2)19-29(37,18-33)20-41-25-14-23(30)13-24(31)15-25/h4-7,12-15,37H,8-11,16-20H2,1-3H3/t29-/m1/s1. The number of aliphatic hydroxyl groups is 1. The molecule has 0 aliphatic carbocycles. The van der Waals surface area contributed by atoms with Gasteiger partial charge in [-0.1, -0.05) is 6.07 Å². The maximum atomic E-state index is 13.7. The summed E-state index contributed by atoms with van der Waals surface area (Å²) in [5.74, 6) is 0.180. The van der Waals surface area contributed by atoms with Crippen LogP contribution in [0.15, 0.2) is 48.8 Å². The first-order valence-electron chi connectivity index (χ1n) is 13.3. The molecule has 222 valence electrons. The summed E-state index contributed by atoms with van der Waals surface area (Å²) in [6.07, 6.45) is 3.64. The lowest BCUT2D eigenvalue weighted by atomic mass is 10.0. The Morgan fingerprint density at radius 1 is 1.05 bits per heavy atom. The predicted molar refractivity (Wildman–Crippen MR) is 146 cm³/mol. The molecule has 1 amide bonds. The first-order chi connectivity index (χ1) is 19.7. The molecule has 1 fully saturated rings. The Morgan fingerprint density at radius 2 is 1.83 bits per heavy atom. The van der Waals surface area contributed by atoms with E-state index in [1.54, 1.807) is 13.3 Å². The summed E-state index contributed by atoms with van der Waals surface area (Å²) >= 11 is 0. The van der Waals surface area contributed by atoms with Gasteiger partial charge >= 0.3 is 0 Å². The van der Waals surface area contributed by atoms with Gasteiger partial charge in [-0.2, -0.15) is 0 Å². The number of carbonyl (C=O) groups excluding carboxylic acids is 1. The highest BCUT2D eigenvalue weighted by molar-refractivity contribution is 5.77. The van der Waals surface area contributed by atoms with Crippen molar-refractivity contribution in [3.05, 3.63) is 71.8 Å². The first-order valence-corrected chi connectivity index (χ1v) is 13.3. The van der Waals surface area contributed by atoms with Gasteiger partial charge in [0.15, 0.2) is 11.5 Å². The van der Waals surface area contributed by atoms with Crippen LogP contribution in [0.5, 0.6) is 17.2 Å². The minimum absolute atomic E-state index is 0.0318. The van der Waals surface area contributed by atoms with Crippen molar-refractivity contribution in [3.8, 4) is 17.2 Å². The van der Waals surface area contributed by atoms with E-state index >= 15 is 0 Å². The fourth-order valence-corrected chi connectivity index (χ4v) is 4.81. The van der Waals surface area contributed by atoms with Crippen molar-refractivity contribution >= 4 is 5.91 Å². The Kier molecular flexibility index (Phi) is 10.1. The lowest BCUT2D eigenvalue weighted by Crippen LogP contribution is -2.52. The van der Waals surface area contributed by atoms with Crippen LogP contribution in [0, 0.1) is 18.6 Å². The number of methoxy groups -OCH3 is 2. The van der Waals surface area contributed by atoms with E-state index in [9.17, 15) is 18.7 Å². The number of imidazole rings is 1. The Labute approximate surface area is 238 Å². The third-order valence-electron chi connectivity index (χ3n) is 6.80. The highest BCUT2D eigenvalue weighted by Gasteiger charge is 2.37. The summed E-state index contributed by atoms with van der Waals surface area (Å²) in [4.78, 5) is 20.4. The summed E-state index contributed by atoms with van der Waals surface area (Å²) in [5, 5.41) is 11.6. The second-order valence-electron chi connectivity index (χ2n) is 10.1. The molecule has 1 aromatic heterocycles. The molecule has 1 aliphatic rings. The van der Waals surface area contributed by atoms with Crippen LogP contribution in [0.3, 0.4) is 0 Å². The van der Waals surface area contributed by atoms with Crippen LogP contribution in [0.2, 0.25) is 0 Å². The Bertz CT molecular complexity index is 1300. The maximum absolute atomic E-state index is 13.7. The van der Waals surface area contributed by atoms with Crippen molar-refractivity contribution in [1.29, 1.82) is 0 Å². The minimum atomic E-state index is -1.53. The van der Waals surface area contributed by atoms with Gasteiger partial charge < -0.3 is 33.5 Å². The predicted octanol–water partition coefficient (Wildman–Crippen LogP) is 2.66. The van der Waals surface area contributed by atoms with Crippen molar-refractivity contribution in [2.24, 2.45) is 0 Å². The molecule has 12 heteroatoms. The lowest BCUT2D eigenvalue weighted by molar-refractivity contribution is -0.138. The fraction of sp³-hybridized carbons (Fsp3) is 0.448. The van der Waals surface area contributed by atoms with Gasteiger partial charge in [0.2, 0.25) is 5.91 Å². The molecule has 0 radical (unpaired) electrons. The summed E-state index contributed by atoms with van der Waals surface area (Å²) in [7, 11) is 3.00. The van der Waals surface area contributed by atoms with Crippen LogP contribution >= 0.6 is 0 Å². The quantitative estimate of drug-likeness (QED) is 0.353. The Balaban J connectivity index is 1.45. The van der Waals surface area contributed by atoms with Crippen LogP contribution in [0.4, 0.5) is 8.78 Å². The van der Waals surface area contributed by atoms with Crippen LogP contribution in [0.25, 0.3) is 0 Å². The van der Waals surface area contributed by atoms with Gasteiger partial charge in [-0.3, -0.25) is 9.69 Å². The molecule has 0 unspecified atom stereocenters. The van der Waals surface area contributed by atoms with Gasteiger partial charge in [0.1, 0.15) is 48.6 Å². The third kappa shape index (κ3) is 8.38. The van der Waals surface area contributed by atoms with E-state index in [2.05, 4.69) is 4.98 Å². The van der Waals surface area contributed by atoms with Crippen LogP contribution in [-0.2, 0) is 22.6 Å². The zero-order chi connectivity index (χ0) is 29.4. The van der Waals surface area contributed by atoms with Crippen molar-refractivity contribution in [1.82, 2.24) is 19.4 Å². The maximum Gasteiger partial charge on any atom is 0.248 e. The smallest absolute Gasteiger partial charge is 0.248 e. The number of aryl methyl sites for hydroxylation is 1. The normalized spacial score (nSPS) is 17.8. The third-order valence-corrected chi connectivity index (χ3v) is 6.80. The lowest BCUT2D eigenvalue weighted by Gasteiger charge is -2.33. The highest BCUT2D eigenvalue weighted by atomic mass is 19.1. The van der Waals surface area contributed by atoms with E-state index in [1.807, 2.05) is 40.8 Å². The number of carbonyl (C=O) groups is 1. The van der Waals surface area contributed by atoms with Gasteiger partial charge in [0, 0.05) is 63.9 Å². The van der Waals surface area contributed by atoms with Gasteiger partial charge in [-0.25, -0.2) is 13.8 Å². The molecule has 0 bridgehead atoms. The SMILES string of the molecule is COCC(=O)N1CCN(Cc2ccc(OCCn3ccnc3C)c(OC)c2)C[C@](O)(COc2cc(F)cc(F)c2)C1. The topological polar surface area (TPSA) is 98.5 Å². The molecule has 1 aliphatic heterocycles. The number of hydrogen-bond donors (Lipinski definition) is 1. The Hall–Kier alpha value is -3.74. The van der Waals surface area contributed by atoms with E-state index in [0.717, 1.165) is 29.6 Å². The number of β-amino-alcohol motifs (C(OH)–C–C–N with tert-alkyl or cyclic N) is 1. The monoisotopic (exact) mass is 574 g/mol. The molecule has 41 heavy (non-hydrogen) atoms. The molecule has 0 saturated carbocycles. The van der Waals surface area contributed by atoms with Crippen molar-refractivity contribution in [2.75, 3.05) is 60.2 Å². The van der Waals surface area contributed by atoms with Gasteiger partial charge in [0.05, 0.1) is 20.2 Å². The molecule has 3 aromatic rings. The van der Waals surface area contributed by atoms with Gasteiger partial charge in [0.25, 0.3) is 0 Å². The van der Waals surface area contributed by atoms with Crippen LogP contribution in [-0.4, -0.2) is 96.2 Å². The number of nitrogens with zero attached hydrogens (tertiary/aromatic N) is 4. The first kappa shape index (κ1) is 30.2. The van der Waals surface area contributed by atoms with E-state index in [4.69, 9.17) is 18.9 Å². The highest BCUT2D eigenvalue weighted by Crippen LogP contribution is 2.29.